The van der Waals surface area contributed by atoms with Crippen LogP contribution in [0.1, 0.15) is 18.9 Å². The summed E-state index contributed by atoms with van der Waals surface area (Å²) in [5.41, 5.74) is 4.96. The Balaban J connectivity index is 2.66. The van der Waals surface area contributed by atoms with Crippen molar-refractivity contribution in [2.75, 3.05) is 25.0 Å². The zero-order valence-electron chi connectivity index (χ0n) is 11.2. The second-order valence-corrected chi connectivity index (χ2v) is 4.23. The summed E-state index contributed by atoms with van der Waals surface area (Å²) in [4.78, 5) is 13.4. The fourth-order valence-electron chi connectivity index (χ4n) is 1.63. The highest BCUT2D eigenvalue weighted by Gasteiger charge is 2.30. The molecule has 1 aromatic carbocycles. The van der Waals surface area contributed by atoms with E-state index in [0.717, 1.165) is 12.1 Å². The number of urea groups is 1. The number of amides is 2. The average molecular weight is 289 g/mol. The van der Waals surface area contributed by atoms with Crippen LogP contribution in [0.15, 0.2) is 24.3 Å². The molecule has 0 radical (unpaired) electrons. The molecule has 0 unspecified atom stereocenters. The van der Waals surface area contributed by atoms with Gasteiger partial charge in [-0.15, -0.1) is 0 Å². The number of carbonyl (C=O) groups is 1. The van der Waals surface area contributed by atoms with E-state index < -0.39 is 11.7 Å². The molecular weight excluding hydrogens is 271 g/mol. The van der Waals surface area contributed by atoms with Gasteiger partial charge in [-0.1, -0.05) is 0 Å². The molecule has 1 rings (SSSR count). The number of hydrogen-bond donors (Lipinski definition) is 2. The van der Waals surface area contributed by atoms with Gasteiger partial charge >= 0.3 is 12.2 Å². The summed E-state index contributed by atoms with van der Waals surface area (Å²) in [5.74, 6) is 0. The number of nitrogens with two attached hydrogens (primary N) is 1. The van der Waals surface area contributed by atoms with Crippen molar-refractivity contribution < 1.29 is 18.0 Å². The summed E-state index contributed by atoms with van der Waals surface area (Å²) < 4.78 is 37.2. The van der Waals surface area contributed by atoms with Crippen LogP contribution >= 0.6 is 0 Å². The van der Waals surface area contributed by atoms with E-state index in [1.807, 2.05) is 6.92 Å². The molecule has 7 heteroatoms. The lowest BCUT2D eigenvalue weighted by molar-refractivity contribution is -0.137. The smallest absolute Gasteiger partial charge is 0.330 e. The molecule has 0 atom stereocenters. The van der Waals surface area contributed by atoms with E-state index in [4.69, 9.17) is 5.73 Å². The van der Waals surface area contributed by atoms with Crippen LogP contribution in [0.4, 0.5) is 23.7 Å². The quantitative estimate of drug-likeness (QED) is 0.875. The molecule has 0 aromatic heterocycles. The molecule has 0 heterocycles. The lowest BCUT2D eigenvalue weighted by atomic mass is 10.2. The summed E-state index contributed by atoms with van der Waals surface area (Å²) in [5, 5.41) is 2.56. The second-order valence-electron chi connectivity index (χ2n) is 4.23. The number of halogens is 3. The number of anilines is 1. The molecule has 4 nitrogen and oxygen atoms in total. The molecule has 0 spiro atoms. The predicted octanol–water partition coefficient (Wildman–Crippen LogP) is 2.91. The number of alkyl halides is 3. The highest BCUT2D eigenvalue weighted by Crippen LogP contribution is 2.29. The Kier molecular flexibility index (Phi) is 5.82. The first-order chi connectivity index (χ1) is 9.38. The van der Waals surface area contributed by atoms with Gasteiger partial charge in [0, 0.05) is 18.8 Å². The number of carbonyl (C=O) groups excluding carboxylic acids is 1. The van der Waals surface area contributed by atoms with Gasteiger partial charge in [-0.25, -0.2) is 4.79 Å². The number of benzene rings is 1. The molecule has 0 aliphatic rings. The van der Waals surface area contributed by atoms with Crippen molar-refractivity contribution in [1.82, 2.24) is 4.90 Å². The summed E-state index contributed by atoms with van der Waals surface area (Å²) in [7, 11) is 0. The molecule has 0 bridgehead atoms. The van der Waals surface area contributed by atoms with Crippen LogP contribution in [0.5, 0.6) is 0 Å². The zero-order chi connectivity index (χ0) is 15.2. The second kappa shape index (κ2) is 7.14. The van der Waals surface area contributed by atoms with Crippen LogP contribution in [0, 0.1) is 0 Å². The van der Waals surface area contributed by atoms with Crippen LogP contribution in [-0.4, -0.2) is 30.6 Å². The third-order valence-corrected chi connectivity index (χ3v) is 2.76. The van der Waals surface area contributed by atoms with Crippen molar-refractivity contribution in [1.29, 1.82) is 0 Å². The summed E-state index contributed by atoms with van der Waals surface area (Å²) >= 11 is 0. The van der Waals surface area contributed by atoms with E-state index in [1.165, 1.54) is 12.1 Å². The maximum Gasteiger partial charge on any atom is 0.416 e. The van der Waals surface area contributed by atoms with Crippen molar-refractivity contribution >= 4 is 11.7 Å². The Bertz CT molecular complexity index is 431. The van der Waals surface area contributed by atoms with E-state index in [2.05, 4.69) is 5.32 Å². The first kappa shape index (κ1) is 16.3. The van der Waals surface area contributed by atoms with Gasteiger partial charge in [0.25, 0.3) is 0 Å². The highest BCUT2D eigenvalue weighted by molar-refractivity contribution is 5.89. The van der Waals surface area contributed by atoms with Crippen LogP contribution < -0.4 is 11.1 Å². The van der Waals surface area contributed by atoms with Crippen molar-refractivity contribution in [2.24, 2.45) is 5.73 Å². The Morgan fingerprint density at radius 1 is 1.30 bits per heavy atom. The lowest BCUT2D eigenvalue weighted by Gasteiger charge is -2.21. The van der Waals surface area contributed by atoms with Crippen LogP contribution in [-0.2, 0) is 6.18 Å². The van der Waals surface area contributed by atoms with Crippen molar-refractivity contribution in [2.45, 2.75) is 19.5 Å². The molecule has 20 heavy (non-hydrogen) atoms. The van der Waals surface area contributed by atoms with Gasteiger partial charge in [-0.3, -0.25) is 0 Å². The van der Waals surface area contributed by atoms with E-state index in [1.54, 1.807) is 4.90 Å². The molecule has 1 aromatic rings. The summed E-state index contributed by atoms with van der Waals surface area (Å²) in [6.07, 6.45) is -3.70. The van der Waals surface area contributed by atoms with Gasteiger partial charge in [0.1, 0.15) is 0 Å². The van der Waals surface area contributed by atoms with Gasteiger partial charge in [0.15, 0.2) is 0 Å². The number of rotatable bonds is 5. The molecule has 3 N–H and O–H groups in total. The van der Waals surface area contributed by atoms with Gasteiger partial charge in [0.2, 0.25) is 0 Å². The van der Waals surface area contributed by atoms with Crippen molar-refractivity contribution in [3.63, 3.8) is 0 Å². The molecule has 0 fully saturated rings. The third kappa shape index (κ3) is 4.73. The van der Waals surface area contributed by atoms with E-state index in [9.17, 15) is 18.0 Å². The van der Waals surface area contributed by atoms with Crippen molar-refractivity contribution in [3.8, 4) is 0 Å². The van der Waals surface area contributed by atoms with E-state index in [0.29, 0.717) is 31.7 Å². The minimum absolute atomic E-state index is 0.328. The molecule has 0 saturated heterocycles. The molecule has 0 aliphatic carbocycles. The minimum atomic E-state index is -4.38. The topological polar surface area (TPSA) is 58.4 Å². The minimum Gasteiger partial charge on any atom is -0.330 e. The van der Waals surface area contributed by atoms with Crippen molar-refractivity contribution in [3.05, 3.63) is 29.8 Å². The SMILES string of the molecule is CCN(CCCN)C(=O)Nc1ccc(C(F)(F)F)cc1. The summed E-state index contributed by atoms with van der Waals surface area (Å²) in [6, 6.07) is 3.99. The largest absolute Gasteiger partial charge is 0.416 e. The lowest BCUT2D eigenvalue weighted by Crippen LogP contribution is -2.36. The van der Waals surface area contributed by atoms with Gasteiger partial charge in [0.05, 0.1) is 5.56 Å². The normalized spacial score (nSPS) is 11.2. The van der Waals surface area contributed by atoms with Crippen LogP contribution in [0.3, 0.4) is 0 Å². The monoisotopic (exact) mass is 289 g/mol. The number of hydrogen-bond acceptors (Lipinski definition) is 2. The standard InChI is InChI=1S/C13H18F3N3O/c1-2-19(9-3-8-17)12(20)18-11-6-4-10(5-7-11)13(14,15)16/h4-7H,2-3,8-9,17H2,1H3,(H,18,20). The first-order valence-corrected chi connectivity index (χ1v) is 6.31. The Morgan fingerprint density at radius 3 is 2.35 bits per heavy atom. The Hall–Kier alpha value is -1.76. The maximum absolute atomic E-state index is 12.4. The fraction of sp³-hybridized carbons (Fsp3) is 0.462. The van der Waals surface area contributed by atoms with Gasteiger partial charge in [-0.2, -0.15) is 13.2 Å². The maximum atomic E-state index is 12.4. The van der Waals surface area contributed by atoms with Crippen LogP contribution in [0.2, 0.25) is 0 Å². The Morgan fingerprint density at radius 2 is 1.90 bits per heavy atom. The zero-order valence-corrected chi connectivity index (χ0v) is 11.2. The number of nitrogens with zero attached hydrogens (tertiary/aromatic N) is 1. The van der Waals surface area contributed by atoms with E-state index >= 15 is 0 Å². The molecule has 2 amide bonds. The average Bonchev–Trinajstić information content (AvgIpc) is 2.39. The predicted molar refractivity (Wildman–Crippen MR) is 71.4 cm³/mol. The molecule has 0 saturated carbocycles. The van der Waals surface area contributed by atoms with Crippen LogP contribution in [0.25, 0.3) is 0 Å². The molecular formula is C13H18F3N3O. The molecule has 112 valence electrons. The van der Waals surface area contributed by atoms with E-state index in [-0.39, 0.29) is 6.03 Å². The highest BCUT2D eigenvalue weighted by atomic mass is 19.4. The summed E-state index contributed by atoms with van der Waals surface area (Å²) in [6.45, 7) is 3.32. The van der Waals surface area contributed by atoms with Gasteiger partial charge < -0.3 is 16.0 Å². The first-order valence-electron chi connectivity index (χ1n) is 6.31. The fourth-order valence-corrected chi connectivity index (χ4v) is 1.63. The van der Waals surface area contributed by atoms with Gasteiger partial charge in [-0.05, 0) is 44.2 Å². The third-order valence-electron chi connectivity index (χ3n) is 2.76. The number of nitrogens with one attached hydrogen (secondary N) is 1. The Labute approximate surface area is 115 Å². The molecule has 0 aliphatic heterocycles.